The molecule has 9 heavy (non-hydrogen) atoms. The van der Waals surface area contributed by atoms with Gasteiger partial charge in [0, 0.05) is 13.1 Å². The molecule has 0 aliphatic heterocycles. The van der Waals surface area contributed by atoms with Gasteiger partial charge in [0.1, 0.15) is 0 Å². The first-order valence-electron chi connectivity index (χ1n) is 2.93. The second-order valence-electron chi connectivity index (χ2n) is 1.71. The molecule has 0 aromatic heterocycles. The SMILES string of the molecule is C=CCN(C=C)CC=C. The maximum absolute atomic E-state index is 3.63. The van der Waals surface area contributed by atoms with E-state index in [0.717, 1.165) is 13.1 Å². The van der Waals surface area contributed by atoms with Crippen molar-refractivity contribution in [3.05, 3.63) is 38.1 Å². The fourth-order valence-electron chi connectivity index (χ4n) is 0.555. The van der Waals surface area contributed by atoms with Crippen molar-refractivity contribution in [3.8, 4) is 0 Å². The Kier molecular flexibility index (Phi) is 4.60. The van der Waals surface area contributed by atoms with Gasteiger partial charge in [-0.3, -0.25) is 0 Å². The van der Waals surface area contributed by atoms with Crippen LogP contribution in [0.4, 0.5) is 0 Å². The number of nitrogens with zero attached hydrogens (tertiary/aromatic N) is 1. The van der Waals surface area contributed by atoms with Gasteiger partial charge in [0.05, 0.1) is 0 Å². The Bertz CT molecular complexity index is 95.1. The summed E-state index contributed by atoms with van der Waals surface area (Å²) in [5.74, 6) is 0. The van der Waals surface area contributed by atoms with Crippen LogP contribution in [0.2, 0.25) is 0 Å². The fourth-order valence-corrected chi connectivity index (χ4v) is 0.555. The molecule has 0 aromatic carbocycles. The van der Waals surface area contributed by atoms with E-state index >= 15 is 0 Å². The highest BCUT2D eigenvalue weighted by Crippen LogP contribution is 1.87. The van der Waals surface area contributed by atoms with E-state index in [1.54, 1.807) is 6.20 Å². The van der Waals surface area contributed by atoms with Crippen molar-refractivity contribution in [3.63, 3.8) is 0 Å². The van der Waals surface area contributed by atoms with Gasteiger partial charge in [-0.15, -0.1) is 13.2 Å². The zero-order valence-electron chi connectivity index (χ0n) is 5.71. The van der Waals surface area contributed by atoms with Crippen LogP contribution in [0, 0.1) is 0 Å². The maximum atomic E-state index is 3.63. The molecule has 0 saturated carbocycles. The van der Waals surface area contributed by atoms with Gasteiger partial charge >= 0.3 is 0 Å². The lowest BCUT2D eigenvalue weighted by Crippen LogP contribution is -2.15. The quantitative estimate of drug-likeness (QED) is 0.504. The zero-order valence-corrected chi connectivity index (χ0v) is 5.71. The molecule has 50 valence electrons. The van der Waals surface area contributed by atoms with E-state index in [9.17, 15) is 0 Å². The standard InChI is InChI=1S/C8H13N/c1-4-7-9(6-3)8-5-2/h4-6H,1-3,7-8H2. The van der Waals surface area contributed by atoms with Crippen molar-refractivity contribution in [2.45, 2.75) is 0 Å². The van der Waals surface area contributed by atoms with Crippen molar-refractivity contribution >= 4 is 0 Å². The molecule has 0 radical (unpaired) electrons. The molecule has 0 rings (SSSR count). The highest BCUT2D eigenvalue weighted by molar-refractivity contribution is 4.84. The fraction of sp³-hybridized carbons (Fsp3) is 0.250. The predicted molar refractivity (Wildman–Crippen MR) is 42.2 cm³/mol. The van der Waals surface area contributed by atoms with Gasteiger partial charge in [-0.1, -0.05) is 18.7 Å². The first-order chi connectivity index (χ1) is 4.35. The summed E-state index contributed by atoms with van der Waals surface area (Å²) in [7, 11) is 0. The zero-order chi connectivity index (χ0) is 7.11. The number of rotatable bonds is 5. The van der Waals surface area contributed by atoms with Crippen LogP contribution in [0.1, 0.15) is 0 Å². The summed E-state index contributed by atoms with van der Waals surface area (Å²) >= 11 is 0. The third kappa shape index (κ3) is 3.59. The largest absolute Gasteiger partial charge is 0.371 e. The monoisotopic (exact) mass is 123 g/mol. The average molecular weight is 123 g/mol. The Hall–Kier alpha value is -0.980. The first kappa shape index (κ1) is 8.02. The maximum Gasteiger partial charge on any atom is 0.0354 e. The molecule has 0 saturated heterocycles. The van der Waals surface area contributed by atoms with Crippen molar-refractivity contribution in [1.29, 1.82) is 0 Å². The highest BCUT2D eigenvalue weighted by atomic mass is 15.1. The van der Waals surface area contributed by atoms with Crippen LogP contribution in [0.5, 0.6) is 0 Å². The van der Waals surface area contributed by atoms with Gasteiger partial charge in [0.2, 0.25) is 0 Å². The Morgan fingerprint density at radius 3 is 1.67 bits per heavy atom. The van der Waals surface area contributed by atoms with Crippen LogP contribution >= 0.6 is 0 Å². The van der Waals surface area contributed by atoms with Gasteiger partial charge in [-0.05, 0) is 6.20 Å². The summed E-state index contributed by atoms with van der Waals surface area (Å²) in [5.41, 5.74) is 0. The van der Waals surface area contributed by atoms with Crippen LogP contribution in [-0.4, -0.2) is 18.0 Å². The lowest BCUT2D eigenvalue weighted by molar-refractivity contribution is 0.464. The predicted octanol–water partition coefficient (Wildman–Crippen LogP) is 1.80. The van der Waals surface area contributed by atoms with Crippen LogP contribution in [0.3, 0.4) is 0 Å². The minimum absolute atomic E-state index is 0.843. The lowest BCUT2D eigenvalue weighted by Gasteiger charge is -2.13. The molecule has 0 aliphatic carbocycles. The van der Waals surface area contributed by atoms with Crippen LogP contribution in [0.25, 0.3) is 0 Å². The molecule has 0 N–H and O–H groups in total. The molecule has 0 fully saturated rings. The molecule has 0 heterocycles. The van der Waals surface area contributed by atoms with Gasteiger partial charge in [-0.2, -0.15) is 0 Å². The minimum atomic E-state index is 0.843. The Morgan fingerprint density at radius 2 is 1.44 bits per heavy atom. The second kappa shape index (κ2) is 5.16. The molecule has 0 bridgehead atoms. The van der Waals surface area contributed by atoms with E-state index in [4.69, 9.17) is 0 Å². The van der Waals surface area contributed by atoms with E-state index in [-0.39, 0.29) is 0 Å². The van der Waals surface area contributed by atoms with Crippen molar-refractivity contribution in [2.24, 2.45) is 0 Å². The molecule has 0 unspecified atom stereocenters. The van der Waals surface area contributed by atoms with Gasteiger partial charge in [0.15, 0.2) is 0 Å². The summed E-state index contributed by atoms with van der Waals surface area (Å²) in [6.07, 6.45) is 5.46. The molecular weight excluding hydrogens is 110 g/mol. The van der Waals surface area contributed by atoms with E-state index in [2.05, 4.69) is 19.7 Å². The second-order valence-corrected chi connectivity index (χ2v) is 1.71. The molecule has 0 amide bonds. The van der Waals surface area contributed by atoms with E-state index in [0.29, 0.717) is 0 Å². The lowest BCUT2D eigenvalue weighted by atomic mass is 10.5. The first-order valence-corrected chi connectivity index (χ1v) is 2.93. The molecule has 0 aliphatic rings. The van der Waals surface area contributed by atoms with Crippen LogP contribution in [0.15, 0.2) is 38.1 Å². The third-order valence-electron chi connectivity index (χ3n) is 0.985. The van der Waals surface area contributed by atoms with Crippen LogP contribution in [-0.2, 0) is 0 Å². The Morgan fingerprint density at radius 1 is 1.00 bits per heavy atom. The minimum Gasteiger partial charge on any atom is -0.371 e. The molecule has 0 atom stereocenters. The van der Waals surface area contributed by atoms with Crippen LogP contribution < -0.4 is 0 Å². The van der Waals surface area contributed by atoms with E-state index in [1.807, 2.05) is 17.1 Å². The highest BCUT2D eigenvalue weighted by Gasteiger charge is 1.87. The Labute approximate surface area is 57.0 Å². The summed E-state index contributed by atoms with van der Waals surface area (Å²) < 4.78 is 0. The smallest absolute Gasteiger partial charge is 0.0354 e. The summed E-state index contributed by atoms with van der Waals surface area (Å²) in [6, 6.07) is 0. The average Bonchev–Trinajstić information content (AvgIpc) is 1.88. The summed E-state index contributed by atoms with van der Waals surface area (Å²) in [4.78, 5) is 2.01. The molecular formula is C8H13N. The third-order valence-corrected chi connectivity index (χ3v) is 0.985. The Balaban J connectivity index is 3.51. The van der Waals surface area contributed by atoms with Gasteiger partial charge in [0.25, 0.3) is 0 Å². The van der Waals surface area contributed by atoms with E-state index < -0.39 is 0 Å². The number of hydrogen-bond acceptors (Lipinski definition) is 1. The topological polar surface area (TPSA) is 3.24 Å². The van der Waals surface area contributed by atoms with Crippen molar-refractivity contribution in [1.82, 2.24) is 4.90 Å². The van der Waals surface area contributed by atoms with Crippen molar-refractivity contribution in [2.75, 3.05) is 13.1 Å². The number of hydrogen-bond donors (Lipinski definition) is 0. The molecule has 0 spiro atoms. The normalized spacial score (nSPS) is 8.00. The molecule has 1 nitrogen and oxygen atoms in total. The van der Waals surface area contributed by atoms with E-state index in [1.165, 1.54) is 0 Å². The molecule has 0 aromatic rings. The van der Waals surface area contributed by atoms with Crippen molar-refractivity contribution < 1.29 is 0 Å². The summed E-state index contributed by atoms with van der Waals surface area (Å²) in [5, 5.41) is 0. The van der Waals surface area contributed by atoms with Gasteiger partial charge < -0.3 is 4.90 Å². The van der Waals surface area contributed by atoms with Gasteiger partial charge in [-0.25, -0.2) is 0 Å². The summed E-state index contributed by atoms with van der Waals surface area (Å²) in [6.45, 7) is 12.5. The molecule has 1 heteroatoms.